The molecule has 0 aliphatic heterocycles. The van der Waals surface area contributed by atoms with Gasteiger partial charge in [-0.05, 0) is 17.9 Å². The van der Waals surface area contributed by atoms with E-state index < -0.39 is 0 Å². The van der Waals surface area contributed by atoms with Crippen LogP contribution in [0, 0.1) is 0 Å². The second-order valence-electron chi connectivity index (χ2n) is 3.48. The highest BCUT2D eigenvalue weighted by atomic mass is 35.5. The molecule has 0 bridgehead atoms. The number of fused-ring (bicyclic) bond motifs is 1. The van der Waals surface area contributed by atoms with Gasteiger partial charge in [0.1, 0.15) is 0 Å². The van der Waals surface area contributed by atoms with Gasteiger partial charge in [0, 0.05) is 11.4 Å². The average Bonchev–Trinajstić information content (AvgIpc) is 2.18. The minimum atomic E-state index is -0.0212. The summed E-state index contributed by atoms with van der Waals surface area (Å²) >= 11 is 6.26. The Morgan fingerprint density at radius 3 is 2.57 bits per heavy atom. The van der Waals surface area contributed by atoms with E-state index in [1.165, 1.54) is 0 Å². The monoisotopic (exact) mass is 205 g/mol. The third kappa shape index (κ3) is 1.49. The van der Waals surface area contributed by atoms with Gasteiger partial charge in [0.05, 0.1) is 5.02 Å². The first-order valence-corrected chi connectivity index (χ1v) is 5.00. The summed E-state index contributed by atoms with van der Waals surface area (Å²) in [5, 5.41) is 3.00. The first-order valence-electron chi connectivity index (χ1n) is 4.63. The Morgan fingerprint density at radius 1 is 1.14 bits per heavy atom. The normalized spacial score (nSPS) is 13.1. The van der Waals surface area contributed by atoms with Crippen molar-refractivity contribution >= 4 is 22.4 Å². The zero-order chi connectivity index (χ0) is 10.1. The quantitative estimate of drug-likeness (QED) is 0.758. The zero-order valence-electron chi connectivity index (χ0n) is 8.00. The Hall–Kier alpha value is -1.05. The largest absolute Gasteiger partial charge is 0.324 e. The molecule has 0 aliphatic rings. The lowest BCUT2D eigenvalue weighted by Crippen LogP contribution is -2.05. The smallest absolute Gasteiger partial charge is 0.0532 e. The standard InChI is InChI=1S/C12H12ClN/c1-8(14)10-7-6-9-4-2-3-5-11(9)12(10)13/h2-8H,14H2,1H3/t8-/m1/s1. The van der Waals surface area contributed by atoms with E-state index in [4.69, 9.17) is 17.3 Å². The first-order chi connectivity index (χ1) is 6.70. The van der Waals surface area contributed by atoms with Gasteiger partial charge in [-0.15, -0.1) is 0 Å². The number of hydrogen-bond acceptors (Lipinski definition) is 1. The van der Waals surface area contributed by atoms with Crippen molar-refractivity contribution in [2.45, 2.75) is 13.0 Å². The van der Waals surface area contributed by atoms with E-state index >= 15 is 0 Å². The molecule has 0 aromatic heterocycles. The molecule has 2 aromatic carbocycles. The predicted molar refractivity (Wildman–Crippen MR) is 61.6 cm³/mol. The van der Waals surface area contributed by atoms with E-state index in [9.17, 15) is 0 Å². The van der Waals surface area contributed by atoms with E-state index in [2.05, 4.69) is 6.07 Å². The van der Waals surface area contributed by atoms with Gasteiger partial charge in [0.25, 0.3) is 0 Å². The van der Waals surface area contributed by atoms with Crippen molar-refractivity contribution in [1.29, 1.82) is 0 Å². The summed E-state index contributed by atoms with van der Waals surface area (Å²) in [6.07, 6.45) is 0. The maximum atomic E-state index is 6.26. The molecule has 14 heavy (non-hydrogen) atoms. The maximum Gasteiger partial charge on any atom is 0.0532 e. The van der Waals surface area contributed by atoms with E-state index in [0.717, 1.165) is 21.4 Å². The van der Waals surface area contributed by atoms with Crippen LogP contribution in [0.5, 0.6) is 0 Å². The van der Waals surface area contributed by atoms with Crippen molar-refractivity contribution in [3.63, 3.8) is 0 Å². The molecule has 0 saturated carbocycles. The number of rotatable bonds is 1. The van der Waals surface area contributed by atoms with Crippen molar-refractivity contribution < 1.29 is 0 Å². The Balaban J connectivity index is 2.75. The van der Waals surface area contributed by atoms with Gasteiger partial charge in [-0.2, -0.15) is 0 Å². The van der Waals surface area contributed by atoms with Crippen molar-refractivity contribution in [1.82, 2.24) is 0 Å². The third-order valence-electron chi connectivity index (χ3n) is 2.38. The molecule has 1 atom stereocenters. The summed E-state index contributed by atoms with van der Waals surface area (Å²) in [6.45, 7) is 1.94. The van der Waals surface area contributed by atoms with Gasteiger partial charge in [0.15, 0.2) is 0 Å². The summed E-state index contributed by atoms with van der Waals surface area (Å²) in [4.78, 5) is 0. The molecule has 2 aromatic rings. The van der Waals surface area contributed by atoms with Crippen molar-refractivity contribution in [2.24, 2.45) is 5.73 Å². The summed E-state index contributed by atoms with van der Waals surface area (Å²) < 4.78 is 0. The molecule has 0 spiro atoms. The molecule has 2 N–H and O–H groups in total. The SMILES string of the molecule is C[C@@H](N)c1ccc2ccccc2c1Cl. The second-order valence-corrected chi connectivity index (χ2v) is 3.86. The lowest BCUT2D eigenvalue weighted by atomic mass is 10.0. The van der Waals surface area contributed by atoms with Crippen LogP contribution in [0.25, 0.3) is 10.8 Å². The molecule has 0 saturated heterocycles. The molecule has 72 valence electrons. The lowest BCUT2D eigenvalue weighted by molar-refractivity contribution is 0.820. The zero-order valence-corrected chi connectivity index (χ0v) is 8.75. The molecular formula is C12H12ClN. The fraction of sp³-hybridized carbons (Fsp3) is 0.167. The number of nitrogens with two attached hydrogens (primary N) is 1. The van der Waals surface area contributed by atoms with Crippen LogP contribution >= 0.6 is 11.6 Å². The van der Waals surface area contributed by atoms with Crippen LogP contribution in [-0.4, -0.2) is 0 Å². The molecule has 0 amide bonds. The molecular weight excluding hydrogens is 194 g/mol. The fourth-order valence-corrected chi connectivity index (χ4v) is 2.01. The van der Waals surface area contributed by atoms with E-state index in [1.54, 1.807) is 0 Å². The van der Waals surface area contributed by atoms with E-state index in [0.29, 0.717) is 0 Å². The van der Waals surface area contributed by atoms with Crippen LogP contribution in [0.1, 0.15) is 18.5 Å². The minimum absolute atomic E-state index is 0.0212. The maximum absolute atomic E-state index is 6.26. The highest BCUT2D eigenvalue weighted by molar-refractivity contribution is 6.36. The fourth-order valence-electron chi connectivity index (χ4n) is 1.60. The average molecular weight is 206 g/mol. The minimum Gasteiger partial charge on any atom is -0.324 e. The first kappa shape index (κ1) is 9.50. The molecule has 0 unspecified atom stereocenters. The Morgan fingerprint density at radius 2 is 1.86 bits per heavy atom. The van der Waals surface area contributed by atoms with Gasteiger partial charge in [-0.1, -0.05) is 48.0 Å². The number of halogens is 1. The van der Waals surface area contributed by atoms with Crippen LogP contribution in [0.4, 0.5) is 0 Å². The molecule has 1 nitrogen and oxygen atoms in total. The number of hydrogen-bond donors (Lipinski definition) is 1. The number of benzene rings is 2. The van der Waals surface area contributed by atoms with Gasteiger partial charge in [-0.3, -0.25) is 0 Å². The molecule has 2 rings (SSSR count). The van der Waals surface area contributed by atoms with Crippen LogP contribution < -0.4 is 5.73 Å². The van der Waals surface area contributed by atoms with Crippen molar-refractivity contribution in [2.75, 3.05) is 0 Å². The summed E-state index contributed by atoms with van der Waals surface area (Å²) in [7, 11) is 0. The van der Waals surface area contributed by atoms with Crippen LogP contribution in [-0.2, 0) is 0 Å². The van der Waals surface area contributed by atoms with E-state index in [1.807, 2.05) is 37.3 Å². The van der Waals surface area contributed by atoms with Crippen LogP contribution in [0.15, 0.2) is 36.4 Å². The highest BCUT2D eigenvalue weighted by Gasteiger charge is 2.07. The van der Waals surface area contributed by atoms with Crippen LogP contribution in [0.3, 0.4) is 0 Å². The summed E-state index contributed by atoms with van der Waals surface area (Å²) in [5.41, 5.74) is 6.83. The van der Waals surface area contributed by atoms with Gasteiger partial charge >= 0.3 is 0 Å². The highest BCUT2D eigenvalue weighted by Crippen LogP contribution is 2.29. The molecule has 0 heterocycles. The predicted octanol–water partition coefficient (Wildman–Crippen LogP) is 3.51. The Labute approximate surface area is 88.5 Å². The van der Waals surface area contributed by atoms with Gasteiger partial charge < -0.3 is 5.73 Å². The second kappa shape index (κ2) is 3.60. The topological polar surface area (TPSA) is 26.0 Å². The molecule has 2 heteroatoms. The molecule has 0 radical (unpaired) electrons. The molecule has 0 fully saturated rings. The van der Waals surface area contributed by atoms with Gasteiger partial charge in [0.2, 0.25) is 0 Å². The Bertz CT molecular complexity index is 463. The summed E-state index contributed by atoms with van der Waals surface area (Å²) in [5.74, 6) is 0. The summed E-state index contributed by atoms with van der Waals surface area (Å²) in [6, 6.07) is 12.1. The van der Waals surface area contributed by atoms with Crippen LogP contribution in [0.2, 0.25) is 5.02 Å². The van der Waals surface area contributed by atoms with E-state index in [-0.39, 0.29) is 6.04 Å². The molecule has 0 aliphatic carbocycles. The third-order valence-corrected chi connectivity index (χ3v) is 2.81. The van der Waals surface area contributed by atoms with Crippen molar-refractivity contribution in [3.05, 3.63) is 47.0 Å². The lowest BCUT2D eigenvalue weighted by Gasteiger charge is -2.10. The Kier molecular flexibility index (Phi) is 2.44. The van der Waals surface area contributed by atoms with Gasteiger partial charge in [-0.25, -0.2) is 0 Å². The van der Waals surface area contributed by atoms with Crippen molar-refractivity contribution in [3.8, 4) is 0 Å².